The van der Waals surface area contributed by atoms with E-state index >= 15 is 0 Å². The van der Waals surface area contributed by atoms with Gasteiger partial charge >= 0.3 is 0 Å². The summed E-state index contributed by atoms with van der Waals surface area (Å²) in [5.74, 6) is 2.31. The van der Waals surface area contributed by atoms with Gasteiger partial charge in [0.15, 0.2) is 5.82 Å². The van der Waals surface area contributed by atoms with E-state index in [0.29, 0.717) is 18.3 Å². The molecule has 1 aliphatic heterocycles. The molecule has 1 saturated heterocycles. The lowest BCUT2D eigenvalue weighted by molar-refractivity contribution is 0.109. The molecule has 130 valence electrons. The number of ether oxygens (including phenoxy) is 1. The van der Waals surface area contributed by atoms with Gasteiger partial charge in [-0.25, -0.2) is 4.98 Å². The summed E-state index contributed by atoms with van der Waals surface area (Å²) in [4.78, 5) is 13.8. The smallest absolute Gasteiger partial charge is 0.240 e. The van der Waals surface area contributed by atoms with Gasteiger partial charge in [-0.05, 0) is 32.4 Å². The Bertz CT molecular complexity index is 660. The second-order valence-corrected chi connectivity index (χ2v) is 6.18. The van der Waals surface area contributed by atoms with Crippen LogP contribution >= 0.6 is 0 Å². The molecule has 2 aromatic heterocycles. The molecule has 0 spiro atoms. The van der Waals surface area contributed by atoms with Crippen LogP contribution < -0.4 is 4.90 Å². The van der Waals surface area contributed by atoms with Crippen molar-refractivity contribution in [1.29, 1.82) is 0 Å². The van der Waals surface area contributed by atoms with Crippen molar-refractivity contribution in [1.82, 2.24) is 20.0 Å². The Morgan fingerprint density at radius 1 is 1.21 bits per heavy atom. The lowest BCUT2D eigenvalue weighted by Crippen LogP contribution is -2.31. The van der Waals surface area contributed by atoms with Crippen LogP contribution in [-0.2, 0) is 11.3 Å². The molecule has 0 bridgehead atoms. The molecule has 24 heavy (non-hydrogen) atoms. The van der Waals surface area contributed by atoms with Crippen LogP contribution in [-0.4, -0.2) is 53.3 Å². The SMILES string of the molecule is CO[C@H](C)c1noc(CN2CCCN(c3cccc(C)n3)CC2)n1. The molecule has 0 amide bonds. The number of aryl methyl sites for hydroxylation is 1. The van der Waals surface area contributed by atoms with E-state index in [4.69, 9.17) is 9.26 Å². The van der Waals surface area contributed by atoms with E-state index in [9.17, 15) is 0 Å². The van der Waals surface area contributed by atoms with Crippen molar-refractivity contribution >= 4 is 5.82 Å². The third-order valence-electron chi connectivity index (χ3n) is 4.35. The molecule has 0 N–H and O–H groups in total. The van der Waals surface area contributed by atoms with E-state index in [2.05, 4.69) is 37.1 Å². The van der Waals surface area contributed by atoms with E-state index in [0.717, 1.165) is 44.1 Å². The summed E-state index contributed by atoms with van der Waals surface area (Å²) < 4.78 is 10.6. The molecule has 0 unspecified atom stereocenters. The molecule has 0 aromatic carbocycles. The molecule has 2 aromatic rings. The van der Waals surface area contributed by atoms with Crippen LogP contribution in [0.2, 0.25) is 0 Å². The average Bonchev–Trinajstić information content (AvgIpc) is 2.92. The number of anilines is 1. The number of methoxy groups -OCH3 is 1. The van der Waals surface area contributed by atoms with Gasteiger partial charge in [-0.1, -0.05) is 11.2 Å². The van der Waals surface area contributed by atoms with E-state index in [1.54, 1.807) is 7.11 Å². The maximum Gasteiger partial charge on any atom is 0.240 e. The molecule has 7 heteroatoms. The quantitative estimate of drug-likeness (QED) is 0.832. The predicted octanol–water partition coefficient (Wildman–Crippen LogP) is 2.19. The highest BCUT2D eigenvalue weighted by Crippen LogP contribution is 2.16. The standard InChI is InChI=1S/C17H25N5O2/c1-13-6-4-7-15(18-13)22-9-5-8-21(10-11-22)12-16-19-17(20-24-16)14(2)23-3/h4,6-7,14H,5,8-12H2,1-3H3/t14-/m1/s1. The summed E-state index contributed by atoms with van der Waals surface area (Å²) in [7, 11) is 1.64. The fourth-order valence-electron chi connectivity index (χ4n) is 2.86. The first-order chi connectivity index (χ1) is 11.7. The second-order valence-electron chi connectivity index (χ2n) is 6.18. The molecule has 0 aliphatic carbocycles. The van der Waals surface area contributed by atoms with Crippen molar-refractivity contribution in [2.75, 3.05) is 38.2 Å². The highest BCUT2D eigenvalue weighted by molar-refractivity contribution is 5.39. The van der Waals surface area contributed by atoms with Crippen LogP contribution in [0.4, 0.5) is 5.82 Å². The van der Waals surface area contributed by atoms with E-state index < -0.39 is 0 Å². The van der Waals surface area contributed by atoms with Crippen molar-refractivity contribution in [2.24, 2.45) is 0 Å². The minimum atomic E-state index is -0.144. The van der Waals surface area contributed by atoms with Crippen LogP contribution in [0.3, 0.4) is 0 Å². The Morgan fingerprint density at radius 3 is 2.88 bits per heavy atom. The lowest BCUT2D eigenvalue weighted by Gasteiger charge is -2.22. The zero-order chi connectivity index (χ0) is 16.9. The van der Waals surface area contributed by atoms with Crippen LogP contribution in [0.25, 0.3) is 0 Å². The summed E-state index contributed by atoms with van der Waals surface area (Å²) in [5.41, 5.74) is 1.05. The van der Waals surface area contributed by atoms with Gasteiger partial charge in [0.2, 0.25) is 5.89 Å². The van der Waals surface area contributed by atoms with Crippen molar-refractivity contribution in [3.8, 4) is 0 Å². The first-order valence-corrected chi connectivity index (χ1v) is 8.42. The number of rotatable bonds is 5. The maximum atomic E-state index is 5.35. The van der Waals surface area contributed by atoms with E-state index in [1.165, 1.54) is 0 Å². The molecule has 0 saturated carbocycles. The number of aromatic nitrogens is 3. The Morgan fingerprint density at radius 2 is 2.08 bits per heavy atom. The third kappa shape index (κ3) is 4.10. The van der Waals surface area contributed by atoms with Gasteiger partial charge in [-0.2, -0.15) is 4.98 Å². The number of hydrogen-bond donors (Lipinski definition) is 0. The first kappa shape index (κ1) is 16.9. The van der Waals surface area contributed by atoms with Gasteiger partial charge in [-0.3, -0.25) is 4.90 Å². The molecule has 0 radical (unpaired) electrons. The predicted molar refractivity (Wildman–Crippen MR) is 90.8 cm³/mol. The molecule has 7 nitrogen and oxygen atoms in total. The number of nitrogens with zero attached hydrogens (tertiary/aromatic N) is 5. The van der Waals surface area contributed by atoms with Crippen molar-refractivity contribution < 1.29 is 9.26 Å². The van der Waals surface area contributed by atoms with Gasteiger partial charge in [-0.15, -0.1) is 0 Å². The van der Waals surface area contributed by atoms with Crippen LogP contribution in [0, 0.1) is 6.92 Å². The van der Waals surface area contributed by atoms with Crippen molar-refractivity contribution in [3.63, 3.8) is 0 Å². The Kier molecular flexibility index (Phi) is 5.42. The fraction of sp³-hybridized carbons (Fsp3) is 0.588. The second kappa shape index (κ2) is 7.72. The third-order valence-corrected chi connectivity index (χ3v) is 4.35. The Balaban J connectivity index is 1.58. The first-order valence-electron chi connectivity index (χ1n) is 8.42. The molecular weight excluding hydrogens is 306 g/mol. The minimum Gasteiger partial charge on any atom is -0.374 e. The molecule has 3 rings (SSSR count). The molecular formula is C17H25N5O2. The largest absolute Gasteiger partial charge is 0.374 e. The van der Waals surface area contributed by atoms with Gasteiger partial charge in [0.05, 0.1) is 6.54 Å². The fourth-order valence-corrected chi connectivity index (χ4v) is 2.86. The van der Waals surface area contributed by atoms with Gasteiger partial charge in [0, 0.05) is 39.0 Å². The van der Waals surface area contributed by atoms with Gasteiger partial charge in [0.1, 0.15) is 11.9 Å². The Labute approximate surface area is 142 Å². The van der Waals surface area contributed by atoms with E-state index in [-0.39, 0.29) is 6.10 Å². The number of hydrogen-bond acceptors (Lipinski definition) is 7. The number of pyridine rings is 1. The highest BCUT2D eigenvalue weighted by Gasteiger charge is 2.19. The van der Waals surface area contributed by atoms with Crippen LogP contribution in [0.15, 0.2) is 22.7 Å². The molecule has 1 fully saturated rings. The van der Waals surface area contributed by atoms with Crippen molar-refractivity contribution in [2.45, 2.75) is 32.9 Å². The van der Waals surface area contributed by atoms with E-state index in [1.807, 2.05) is 19.9 Å². The summed E-state index contributed by atoms with van der Waals surface area (Å²) in [6.45, 7) is 8.55. The molecule has 3 heterocycles. The zero-order valence-corrected chi connectivity index (χ0v) is 14.6. The Hall–Kier alpha value is -1.99. The lowest BCUT2D eigenvalue weighted by atomic mass is 10.3. The molecule has 1 aliphatic rings. The van der Waals surface area contributed by atoms with Crippen molar-refractivity contribution in [3.05, 3.63) is 35.6 Å². The van der Waals surface area contributed by atoms with Crippen LogP contribution in [0.5, 0.6) is 0 Å². The average molecular weight is 331 g/mol. The topological polar surface area (TPSA) is 67.5 Å². The monoisotopic (exact) mass is 331 g/mol. The summed E-state index contributed by atoms with van der Waals surface area (Å²) in [6.07, 6.45) is 0.944. The highest BCUT2D eigenvalue weighted by atomic mass is 16.5. The maximum absolute atomic E-state index is 5.35. The summed E-state index contributed by atoms with van der Waals surface area (Å²) in [5, 5.41) is 3.99. The van der Waals surface area contributed by atoms with Crippen LogP contribution in [0.1, 0.15) is 36.9 Å². The molecule has 1 atom stereocenters. The minimum absolute atomic E-state index is 0.144. The zero-order valence-electron chi connectivity index (χ0n) is 14.6. The summed E-state index contributed by atoms with van der Waals surface area (Å²) >= 11 is 0. The normalized spacial score (nSPS) is 17.7. The van der Waals surface area contributed by atoms with Gasteiger partial charge in [0.25, 0.3) is 0 Å². The van der Waals surface area contributed by atoms with Gasteiger partial charge < -0.3 is 14.2 Å². The summed E-state index contributed by atoms with van der Waals surface area (Å²) in [6, 6.07) is 6.18.